The second-order valence-electron chi connectivity index (χ2n) is 13.0. The average molecular weight is 659 g/mol. The molecule has 0 saturated carbocycles. The third-order valence-corrected chi connectivity index (χ3v) is 9.94. The van der Waals surface area contributed by atoms with Crippen LogP contribution in [0.25, 0.3) is 28.1 Å². The number of anilines is 6. The molecule has 0 spiro atoms. The van der Waals surface area contributed by atoms with Gasteiger partial charge in [0.2, 0.25) is 0 Å². The Hall–Kier alpha value is -6.79. The molecule has 2 aliphatic rings. The van der Waals surface area contributed by atoms with Crippen LogP contribution in [0.15, 0.2) is 182 Å². The summed E-state index contributed by atoms with van der Waals surface area (Å²) >= 11 is 0. The lowest BCUT2D eigenvalue weighted by molar-refractivity contribution is 0.800. The van der Waals surface area contributed by atoms with Crippen LogP contribution in [-0.2, 0) is 0 Å². The van der Waals surface area contributed by atoms with E-state index >= 15 is 0 Å². The van der Waals surface area contributed by atoms with Gasteiger partial charge in [-0.25, -0.2) is 4.98 Å². The number of hydrogen-bond donors (Lipinski definition) is 2. The molecular weight excluding hydrogens is 625 g/mol. The second-order valence-corrected chi connectivity index (χ2v) is 13.0. The Morgan fingerprint density at radius 2 is 0.882 bits per heavy atom. The zero-order valence-electron chi connectivity index (χ0n) is 27.8. The van der Waals surface area contributed by atoms with Crippen molar-refractivity contribution >= 4 is 45.2 Å². The fraction of sp³-hybridized carbons (Fsp3) is 0.0444. The summed E-state index contributed by atoms with van der Waals surface area (Å²) in [5, 5.41) is 7.79. The molecule has 8 aromatic rings. The molecule has 2 N–H and O–H groups in total. The number of nitrogens with zero attached hydrogens (tertiary/aromatic N) is 4. The minimum absolute atomic E-state index is 0.160. The zero-order chi connectivity index (χ0) is 33.7. The summed E-state index contributed by atoms with van der Waals surface area (Å²) in [5.74, 6) is 0.897. The van der Waals surface area contributed by atoms with Crippen molar-refractivity contribution in [2.45, 2.75) is 12.3 Å². The van der Waals surface area contributed by atoms with Crippen molar-refractivity contribution in [2.75, 3.05) is 20.4 Å². The maximum atomic E-state index is 5.32. The first-order chi connectivity index (χ1) is 25.3. The van der Waals surface area contributed by atoms with Gasteiger partial charge in [-0.1, -0.05) is 91.0 Å². The number of imidazole rings is 1. The van der Waals surface area contributed by atoms with E-state index in [9.17, 15) is 0 Å². The summed E-state index contributed by atoms with van der Waals surface area (Å²) in [6, 6.07) is 64.4. The normalized spacial score (nSPS) is 16.1. The van der Waals surface area contributed by atoms with Crippen LogP contribution in [0.4, 0.5) is 34.1 Å². The van der Waals surface area contributed by atoms with Crippen LogP contribution in [0.1, 0.15) is 23.5 Å². The Balaban J connectivity index is 1.22. The molecule has 6 nitrogen and oxygen atoms in total. The molecule has 0 bridgehead atoms. The van der Waals surface area contributed by atoms with Crippen LogP contribution in [0.5, 0.6) is 0 Å². The van der Waals surface area contributed by atoms with E-state index in [1.807, 2.05) is 0 Å². The molecule has 2 unspecified atom stereocenters. The molecule has 0 fully saturated rings. The van der Waals surface area contributed by atoms with Gasteiger partial charge in [0.05, 0.1) is 33.8 Å². The molecule has 51 heavy (non-hydrogen) atoms. The molecule has 1 aromatic heterocycles. The van der Waals surface area contributed by atoms with Gasteiger partial charge in [-0.2, -0.15) is 0 Å². The molecule has 244 valence electrons. The van der Waals surface area contributed by atoms with Gasteiger partial charge in [0, 0.05) is 22.6 Å². The number of benzene rings is 7. The standard InChI is InChI=1S/C45H34N6/c1-4-16-34(17-5-1)49-40-25-13-10-22-37(40)46-43(49)31-28-32(44-47-38-23-11-14-26-41(38)50(44)35-18-6-2-7-19-35)30-33(29-31)45-48-39-24-12-15-27-42(39)51(45)36-20-8-3-9-21-36/h1-30,43-44,46-47H. The highest BCUT2D eigenvalue weighted by molar-refractivity contribution is 5.87. The first-order valence-corrected chi connectivity index (χ1v) is 17.4. The third kappa shape index (κ3) is 4.91. The van der Waals surface area contributed by atoms with E-state index in [1.165, 1.54) is 0 Å². The van der Waals surface area contributed by atoms with Crippen LogP contribution >= 0.6 is 0 Å². The highest BCUT2D eigenvalue weighted by Gasteiger charge is 2.35. The summed E-state index contributed by atoms with van der Waals surface area (Å²) in [7, 11) is 0. The molecule has 6 heteroatoms. The fourth-order valence-electron chi connectivity index (χ4n) is 7.71. The number of nitrogens with one attached hydrogen (secondary N) is 2. The molecule has 2 aliphatic heterocycles. The fourth-order valence-corrected chi connectivity index (χ4v) is 7.71. The number of hydrogen-bond acceptors (Lipinski definition) is 5. The van der Waals surface area contributed by atoms with Crippen molar-refractivity contribution in [3.05, 3.63) is 193 Å². The highest BCUT2D eigenvalue weighted by Crippen LogP contribution is 2.49. The molecule has 0 aliphatic carbocycles. The number of rotatable bonds is 6. The minimum atomic E-state index is -0.160. The first-order valence-electron chi connectivity index (χ1n) is 17.4. The summed E-state index contributed by atoms with van der Waals surface area (Å²) in [6.07, 6.45) is -0.320. The number of aromatic nitrogens is 2. The molecule has 0 saturated heterocycles. The van der Waals surface area contributed by atoms with Gasteiger partial charge in [0.25, 0.3) is 0 Å². The molecule has 0 radical (unpaired) electrons. The second kappa shape index (κ2) is 12.0. The predicted octanol–water partition coefficient (Wildman–Crippen LogP) is 11.2. The van der Waals surface area contributed by atoms with Crippen LogP contribution in [-0.4, -0.2) is 9.55 Å². The molecule has 0 amide bonds. The van der Waals surface area contributed by atoms with Crippen molar-refractivity contribution < 1.29 is 0 Å². The summed E-state index contributed by atoms with van der Waals surface area (Å²) in [5.41, 5.74) is 13.2. The maximum Gasteiger partial charge on any atom is 0.145 e. The van der Waals surface area contributed by atoms with Crippen molar-refractivity contribution in [1.82, 2.24) is 9.55 Å². The van der Waals surface area contributed by atoms with Gasteiger partial charge in [-0.3, -0.25) is 4.57 Å². The Morgan fingerprint density at radius 1 is 0.431 bits per heavy atom. The number of para-hydroxylation sites is 9. The van der Waals surface area contributed by atoms with Crippen molar-refractivity contribution in [2.24, 2.45) is 0 Å². The van der Waals surface area contributed by atoms with E-state index in [0.29, 0.717) is 0 Å². The Labute approximate surface area is 296 Å². The lowest BCUT2D eigenvalue weighted by Gasteiger charge is -2.31. The van der Waals surface area contributed by atoms with E-state index in [1.54, 1.807) is 0 Å². The zero-order valence-corrected chi connectivity index (χ0v) is 27.8. The summed E-state index contributed by atoms with van der Waals surface area (Å²) < 4.78 is 2.29. The summed E-state index contributed by atoms with van der Waals surface area (Å²) in [6.45, 7) is 0. The SMILES string of the molecule is c1ccc(N2c3ccccc3NC2c2cc(-c3nc4ccccc4n3-c3ccccc3)cc(C3Nc4ccccc4N3c3ccccc3)c2)cc1. The van der Waals surface area contributed by atoms with Crippen LogP contribution in [0.3, 0.4) is 0 Å². The van der Waals surface area contributed by atoms with E-state index in [0.717, 1.165) is 73.4 Å². The Kier molecular flexibility index (Phi) is 6.84. The van der Waals surface area contributed by atoms with E-state index in [2.05, 4.69) is 207 Å². The maximum absolute atomic E-state index is 5.32. The van der Waals surface area contributed by atoms with Gasteiger partial charge < -0.3 is 20.4 Å². The van der Waals surface area contributed by atoms with Crippen molar-refractivity contribution in [3.63, 3.8) is 0 Å². The van der Waals surface area contributed by atoms with E-state index < -0.39 is 0 Å². The largest absolute Gasteiger partial charge is 0.359 e. The topological polar surface area (TPSA) is 48.4 Å². The van der Waals surface area contributed by atoms with E-state index in [-0.39, 0.29) is 12.3 Å². The lowest BCUT2D eigenvalue weighted by atomic mass is 9.99. The first kappa shape index (κ1) is 29.2. The molecule has 7 aromatic carbocycles. The molecule has 2 atom stereocenters. The quantitative estimate of drug-likeness (QED) is 0.186. The molecule has 10 rings (SSSR count). The monoisotopic (exact) mass is 658 g/mol. The smallest absolute Gasteiger partial charge is 0.145 e. The van der Waals surface area contributed by atoms with Crippen molar-refractivity contribution in [3.8, 4) is 17.1 Å². The van der Waals surface area contributed by atoms with Crippen LogP contribution in [0.2, 0.25) is 0 Å². The van der Waals surface area contributed by atoms with Gasteiger partial charge in [-0.15, -0.1) is 0 Å². The van der Waals surface area contributed by atoms with E-state index in [4.69, 9.17) is 4.98 Å². The van der Waals surface area contributed by atoms with Crippen molar-refractivity contribution in [1.29, 1.82) is 0 Å². The van der Waals surface area contributed by atoms with Gasteiger partial charge >= 0.3 is 0 Å². The molecule has 3 heterocycles. The Morgan fingerprint density at radius 3 is 1.43 bits per heavy atom. The average Bonchev–Trinajstić information content (AvgIpc) is 3.91. The third-order valence-electron chi connectivity index (χ3n) is 9.94. The lowest BCUT2D eigenvalue weighted by Crippen LogP contribution is -2.26. The Bertz CT molecular complexity index is 2400. The molecular formula is C45H34N6. The van der Waals surface area contributed by atoms with Crippen LogP contribution in [0, 0.1) is 0 Å². The number of fused-ring (bicyclic) bond motifs is 3. The van der Waals surface area contributed by atoms with Crippen LogP contribution < -0.4 is 20.4 Å². The minimum Gasteiger partial charge on any atom is -0.359 e. The predicted molar refractivity (Wildman–Crippen MR) is 209 cm³/mol. The van der Waals surface area contributed by atoms with Gasteiger partial charge in [0.1, 0.15) is 18.2 Å². The van der Waals surface area contributed by atoms with Gasteiger partial charge in [0.15, 0.2) is 0 Å². The summed E-state index contributed by atoms with van der Waals surface area (Å²) in [4.78, 5) is 10.1. The van der Waals surface area contributed by atoms with Gasteiger partial charge in [-0.05, 0) is 102 Å². The highest BCUT2D eigenvalue weighted by atomic mass is 15.3.